The molecule has 0 saturated carbocycles. The van der Waals surface area contributed by atoms with Crippen LogP contribution in [0.4, 0.5) is 0 Å². The fourth-order valence-corrected chi connectivity index (χ4v) is 6.91. The monoisotopic (exact) mass is 385 g/mol. The quantitative estimate of drug-likeness (QED) is 0.801. The lowest BCUT2D eigenvalue weighted by Crippen LogP contribution is -2.48. The number of nitrogens with one attached hydrogen (secondary N) is 1. The molecule has 4 rings (SSSR count). The number of primary amides is 1. The SMILES string of the molecule is CCCCC1Cn2c(c(C(N)=O)c3ccccc32)SC1(C)C1CCNCC1. The highest BCUT2D eigenvalue weighted by atomic mass is 32.2. The number of nitrogens with two attached hydrogens (primary N) is 1. The van der Waals surface area contributed by atoms with E-state index < -0.39 is 0 Å². The van der Waals surface area contributed by atoms with Gasteiger partial charge in [-0.25, -0.2) is 0 Å². The normalized spacial score (nSPS) is 26.2. The molecular weight excluding hydrogens is 354 g/mol. The summed E-state index contributed by atoms with van der Waals surface area (Å²) in [6.07, 6.45) is 6.19. The van der Waals surface area contributed by atoms with Crippen LogP contribution in [-0.2, 0) is 6.54 Å². The van der Waals surface area contributed by atoms with Crippen molar-refractivity contribution in [2.45, 2.75) is 62.3 Å². The fourth-order valence-electron chi connectivity index (χ4n) is 5.14. The van der Waals surface area contributed by atoms with Crippen LogP contribution in [0.5, 0.6) is 0 Å². The van der Waals surface area contributed by atoms with E-state index >= 15 is 0 Å². The number of carbonyl (C=O) groups excluding carboxylic acids is 1. The molecule has 4 nitrogen and oxygen atoms in total. The average molecular weight is 386 g/mol. The lowest BCUT2D eigenvalue weighted by atomic mass is 9.75. The number of benzene rings is 1. The number of nitrogens with zero attached hydrogens (tertiary/aromatic N) is 1. The van der Waals surface area contributed by atoms with Crippen molar-refractivity contribution in [2.24, 2.45) is 17.6 Å². The number of amides is 1. The molecule has 3 heterocycles. The van der Waals surface area contributed by atoms with Crippen LogP contribution < -0.4 is 11.1 Å². The van der Waals surface area contributed by atoms with Gasteiger partial charge in [0.15, 0.2) is 0 Å². The van der Waals surface area contributed by atoms with Crippen molar-refractivity contribution < 1.29 is 4.79 Å². The highest BCUT2D eigenvalue weighted by Crippen LogP contribution is 2.54. The maximum absolute atomic E-state index is 12.4. The number of aromatic nitrogens is 1. The zero-order chi connectivity index (χ0) is 19.0. The van der Waals surface area contributed by atoms with Crippen LogP contribution in [0.1, 0.15) is 56.3 Å². The molecule has 0 bridgehead atoms. The molecule has 1 fully saturated rings. The summed E-state index contributed by atoms with van der Waals surface area (Å²) >= 11 is 1.94. The van der Waals surface area contributed by atoms with Crippen LogP contribution in [0.25, 0.3) is 10.9 Å². The lowest BCUT2D eigenvalue weighted by Gasteiger charge is -2.48. The maximum atomic E-state index is 12.4. The van der Waals surface area contributed by atoms with Crippen molar-refractivity contribution in [3.63, 3.8) is 0 Å². The largest absolute Gasteiger partial charge is 0.365 e. The van der Waals surface area contributed by atoms with Crippen molar-refractivity contribution in [2.75, 3.05) is 13.1 Å². The van der Waals surface area contributed by atoms with Gasteiger partial charge in [0, 0.05) is 22.2 Å². The first kappa shape index (κ1) is 18.9. The summed E-state index contributed by atoms with van der Waals surface area (Å²) in [5.74, 6) is 1.000. The van der Waals surface area contributed by atoms with Crippen LogP contribution in [0, 0.1) is 11.8 Å². The molecule has 2 aliphatic heterocycles. The minimum absolute atomic E-state index is 0.159. The lowest BCUT2D eigenvalue weighted by molar-refractivity contribution is 0.0997. The summed E-state index contributed by atoms with van der Waals surface area (Å²) in [4.78, 5) is 12.4. The Morgan fingerprint density at radius 1 is 1.33 bits per heavy atom. The first-order chi connectivity index (χ1) is 13.1. The number of para-hydroxylation sites is 1. The summed E-state index contributed by atoms with van der Waals surface area (Å²) < 4.78 is 2.54. The molecule has 2 aromatic rings. The van der Waals surface area contributed by atoms with E-state index in [1.165, 1.54) is 32.1 Å². The number of thioether (sulfide) groups is 1. The molecule has 2 unspecified atom stereocenters. The number of hydrogen-bond donors (Lipinski definition) is 2. The third-order valence-corrected chi connectivity index (χ3v) is 8.48. The zero-order valence-corrected chi connectivity index (χ0v) is 17.3. The van der Waals surface area contributed by atoms with E-state index in [9.17, 15) is 4.79 Å². The topological polar surface area (TPSA) is 60.0 Å². The second kappa shape index (κ2) is 7.51. The third kappa shape index (κ3) is 3.19. The molecule has 0 radical (unpaired) electrons. The van der Waals surface area contributed by atoms with Crippen LogP contribution >= 0.6 is 11.8 Å². The van der Waals surface area contributed by atoms with Gasteiger partial charge in [0.1, 0.15) is 0 Å². The molecule has 1 saturated heterocycles. The Bertz CT molecular complexity index is 839. The number of unbranched alkanes of at least 4 members (excludes halogenated alkanes) is 1. The van der Waals surface area contributed by atoms with Crippen molar-refractivity contribution in [3.05, 3.63) is 29.8 Å². The number of fused-ring (bicyclic) bond motifs is 3. The number of carbonyl (C=O) groups is 1. The summed E-state index contributed by atoms with van der Waals surface area (Å²) in [7, 11) is 0. The van der Waals surface area contributed by atoms with Crippen LogP contribution in [0.2, 0.25) is 0 Å². The van der Waals surface area contributed by atoms with Gasteiger partial charge in [-0.15, -0.1) is 11.8 Å². The van der Waals surface area contributed by atoms with Gasteiger partial charge in [0.05, 0.1) is 10.6 Å². The van der Waals surface area contributed by atoms with Crippen LogP contribution in [0.15, 0.2) is 29.3 Å². The van der Waals surface area contributed by atoms with Gasteiger partial charge in [0.2, 0.25) is 0 Å². The third-order valence-electron chi connectivity index (χ3n) is 6.76. The van der Waals surface area contributed by atoms with Crippen molar-refractivity contribution >= 4 is 28.6 Å². The molecule has 0 spiro atoms. The van der Waals surface area contributed by atoms with Gasteiger partial charge in [-0.2, -0.15) is 0 Å². The van der Waals surface area contributed by atoms with E-state index in [0.29, 0.717) is 11.8 Å². The molecule has 2 atom stereocenters. The Hall–Kier alpha value is -1.46. The summed E-state index contributed by atoms with van der Waals surface area (Å²) in [6.45, 7) is 7.94. The Kier molecular flexibility index (Phi) is 5.26. The highest BCUT2D eigenvalue weighted by molar-refractivity contribution is 8.00. The van der Waals surface area contributed by atoms with E-state index in [-0.39, 0.29) is 10.7 Å². The van der Waals surface area contributed by atoms with Gasteiger partial charge in [0.25, 0.3) is 5.91 Å². The molecule has 3 N–H and O–H groups in total. The van der Waals surface area contributed by atoms with Gasteiger partial charge in [-0.1, -0.05) is 38.0 Å². The van der Waals surface area contributed by atoms with Crippen molar-refractivity contribution in [1.29, 1.82) is 0 Å². The molecule has 1 aromatic carbocycles. The van der Waals surface area contributed by atoms with Gasteiger partial charge in [-0.3, -0.25) is 4.79 Å². The minimum atomic E-state index is -0.299. The molecule has 27 heavy (non-hydrogen) atoms. The number of rotatable bonds is 5. The Labute approximate surface area is 166 Å². The summed E-state index contributed by atoms with van der Waals surface area (Å²) in [6, 6.07) is 8.25. The van der Waals surface area contributed by atoms with Gasteiger partial charge in [-0.05, 0) is 57.2 Å². The smallest absolute Gasteiger partial charge is 0.252 e. The number of hydrogen-bond acceptors (Lipinski definition) is 3. The van der Waals surface area contributed by atoms with Crippen molar-refractivity contribution in [3.8, 4) is 0 Å². The highest BCUT2D eigenvalue weighted by Gasteiger charge is 2.47. The molecule has 1 amide bonds. The molecule has 5 heteroatoms. The maximum Gasteiger partial charge on any atom is 0.252 e. The molecule has 0 aliphatic carbocycles. The van der Waals surface area contributed by atoms with Gasteiger partial charge >= 0.3 is 0 Å². The molecule has 146 valence electrons. The summed E-state index contributed by atoms with van der Waals surface area (Å²) in [5, 5.41) is 5.62. The predicted octanol–water partition coefficient (Wildman–Crippen LogP) is 4.41. The first-order valence-corrected chi connectivity index (χ1v) is 11.2. The van der Waals surface area contributed by atoms with Crippen LogP contribution in [-0.4, -0.2) is 28.3 Å². The van der Waals surface area contributed by atoms with E-state index in [1.54, 1.807) is 0 Å². The molecular formula is C22H31N3OS. The molecule has 1 aromatic heterocycles. The second-order valence-electron chi connectivity index (χ2n) is 8.32. The number of piperidine rings is 1. The van der Waals surface area contributed by atoms with Crippen LogP contribution in [0.3, 0.4) is 0 Å². The van der Waals surface area contributed by atoms with Gasteiger partial charge < -0.3 is 15.6 Å². The standard InChI is InChI=1S/C22H31N3OS/c1-3-4-7-16-14-25-18-9-6-5-8-17(18)19(20(23)26)21(25)27-22(16,2)15-10-12-24-13-11-15/h5-6,8-9,15-16,24H,3-4,7,10-14H2,1-2H3,(H2,23,26). The van der Waals surface area contributed by atoms with E-state index in [1.807, 2.05) is 23.9 Å². The second-order valence-corrected chi connectivity index (χ2v) is 9.79. The van der Waals surface area contributed by atoms with E-state index in [2.05, 4.69) is 35.9 Å². The Morgan fingerprint density at radius 2 is 2.07 bits per heavy atom. The zero-order valence-electron chi connectivity index (χ0n) is 16.5. The predicted molar refractivity (Wildman–Crippen MR) is 113 cm³/mol. The molecule has 2 aliphatic rings. The first-order valence-electron chi connectivity index (χ1n) is 10.4. The van der Waals surface area contributed by atoms with E-state index in [0.717, 1.165) is 41.1 Å². The summed E-state index contributed by atoms with van der Waals surface area (Å²) in [5.41, 5.74) is 7.74. The Morgan fingerprint density at radius 3 is 2.78 bits per heavy atom. The minimum Gasteiger partial charge on any atom is -0.365 e. The van der Waals surface area contributed by atoms with Crippen molar-refractivity contribution in [1.82, 2.24) is 9.88 Å². The fraction of sp³-hybridized carbons (Fsp3) is 0.591. The Balaban J connectivity index is 1.83. The average Bonchev–Trinajstić information content (AvgIpc) is 3.00. The van der Waals surface area contributed by atoms with E-state index in [4.69, 9.17) is 5.73 Å².